The first-order valence-electron chi connectivity index (χ1n) is 9.49. The fraction of sp³-hybridized carbons (Fsp3) is 0.217. The van der Waals surface area contributed by atoms with Gasteiger partial charge < -0.3 is 14.9 Å². The van der Waals surface area contributed by atoms with Crippen molar-refractivity contribution < 1.29 is 4.79 Å². The third-order valence-corrected chi connectivity index (χ3v) is 5.07. The van der Waals surface area contributed by atoms with E-state index in [0.717, 1.165) is 39.5 Å². The van der Waals surface area contributed by atoms with Crippen LogP contribution in [0.4, 0.5) is 5.69 Å². The molecule has 4 aromatic rings. The molecule has 0 aliphatic heterocycles. The van der Waals surface area contributed by atoms with Gasteiger partial charge in [-0.25, -0.2) is 4.98 Å². The van der Waals surface area contributed by atoms with Crippen molar-refractivity contribution in [1.29, 1.82) is 0 Å². The number of nitrogens with zero attached hydrogens (tertiary/aromatic N) is 2. The lowest BCUT2D eigenvalue weighted by molar-refractivity contribution is 0.102. The van der Waals surface area contributed by atoms with Crippen LogP contribution in [-0.2, 0) is 0 Å². The second kappa shape index (κ2) is 7.00. The molecule has 0 atom stereocenters. The van der Waals surface area contributed by atoms with Crippen molar-refractivity contribution in [2.45, 2.75) is 33.7 Å². The lowest BCUT2D eigenvalue weighted by Gasteiger charge is -2.14. The minimum Gasteiger partial charge on any atom is -0.346 e. The molecule has 0 unspecified atom stereocenters. The number of aromatic amines is 1. The van der Waals surface area contributed by atoms with Crippen LogP contribution in [0.2, 0.25) is 0 Å². The molecule has 0 aliphatic rings. The lowest BCUT2D eigenvalue weighted by Crippen LogP contribution is -2.14. The number of aromatic nitrogens is 3. The molecule has 142 valence electrons. The van der Waals surface area contributed by atoms with E-state index in [1.807, 2.05) is 68.4 Å². The normalized spacial score (nSPS) is 11.3. The highest BCUT2D eigenvalue weighted by Crippen LogP contribution is 2.29. The van der Waals surface area contributed by atoms with E-state index in [-0.39, 0.29) is 5.91 Å². The van der Waals surface area contributed by atoms with Crippen LogP contribution >= 0.6 is 0 Å². The molecular weight excluding hydrogens is 348 g/mol. The molecule has 5 nitrogen and oxygen atoms in total. The zero-order chi connectivity index (χ0) is 19.8. The molecule has 0 saturated heterocycles. The van der Waals surface area contributed by atoms with Crippen LogP contribution in [0, 0.1) is 13.8 Å². The highest BCUT2D eigenvalue weighted by Gasteiger charge is 2.19. The third kappa shape index (κ3) is 3.09. The Morgan fingerprint density at radius 3 is 2.50 bits per heavy atom. The number of hydrogen-bond donors (Lipinski definition) is 2. The standard InChI is InChI=1S/C23H24N4O/c1-14(2)27-15(3)13-18(16(27)4)23(28)26-19-10-6-5-9-17(19)22-24-20-11-7-8-12-21(20)25-22/h5-14H,1-4H3,(H,24,25)(H,26,28). The molecule has 5 heteroatoms. The number of hydrogen-bond acceptors (Lipinski definition) is 2. The van der Waals surface area contributed by atoms with Crippen molar-refractivity contribution in [3.8, 4) is 11.4 Å². The Kier molecular flexibility index (Phi) is 4.51. The van der Waals surface area contributed by atoms with Gasteiger partial charge in [0.25, 0.3) is 5.91 Å². The summed E-state index contributed by atoms with van der Waals surface area (Å²) in [6.45, 7) is 8.27. The second-order valence-electron chi connectivity index (χ2n) is 7.35. The summed E-state index contributed by atoms with van der Waals surface area (Å²) >= 11 is 0. The van der Waals surface area contributed by atoms with E-state index < -0.39 is 0 Å². The minimum atomic E-state index is -0.108. The molecular formula is C23H24N4O. The summed E-state index contributed by atoms with van der Waals surface area (Å²) in [6, 6.07) is 17.9. The van der Waals surface area contributed by atoms with Crippen molar-refractivity contribution in [2.75, 3.05) is 5.32 Å². The Morgan fingerprint density at radius 2 is 1.79 bits per heavy atom. The number of aryl methyl sites for hydroxylation is 1. The van der Waals surface area contributed by atoms with E-state index in [1.54, 1.807) is 0 Å². The van der Waals surface area contributed by atoms with Gasteiger partial charge in [0, 0.05) is 23.0 Å². The van der Waals surface area contributed by atoms with Gasteiger partial charge in [-0.3, -0.25) is 4.79 Å². The van der Waals surface area contributed by atoms with E-state index in [9.17, 15) is 4.79 Å². The number of fused-ring (bicyclic) bond motifs is 1. The SMILES string of the molecule is Cc1cc(C(=O)Nc2ccccc2-c2nc3ccccc3[nH]2)c(C)n1C(C)C. The molecule has 2 heterocycles. The number of rotatable bonds is 4. The number of para-hydroxylation sites is 3. The Balaban J connectivity index is 1.70. The Morgan fingerprint density at radius 1 is 1.07 bits per heavy atom. The predicted octanol–water partition coefficient (Wildman–Crippen LogP) is 5.48. The highest BCUT2D eigenvalue weighted by atomic mass is 16.1. The maximum atomic E-state index is 13.0. The quantitative estimate of drug-likeness (QED) is 0.498. The number of imidazole rings is 1. The molecule has 0 fully saturated rings. The van der Waals surface area contributed by atoms with Crippen LogP contribution in [0.5, 0.6) is 0 Å². The van der Waals surface area contributed by atoms with Crippen molar-refractivity contribution in [2.24, 2.45) is 0 Å². The zero-order valence-electron chi connectivity index (χ0n) is 16.6. The minimum absolute atomic E-state index is 0.108. The van der Waals surface area contributed by atoms with Gasteiger partial charge >= 0.3 is 0 Å². The lowest BCUT2D eigenvalue weighted by atomic mass is 10.1. The number of benzene rings is 2. The average molecular weight is 372 g/mol. The second-order valence-corrected chi connectivity index (χ2v) is 7.35. The largest absolute Gasteiger partial charge is 0.346 e. The maximum absolute atomic E-state index is 13.0. The number of anilines is 1. The van der Waals surface area contributed by atoms with Crippen molar-refractivity contribution in [1.82, 2.24) is 14.5 Å². The van der Waals surface area contributed by atoms with Crippen molar-refractivity contribution in [3.63, 3.8) is 0 Å². The van der Waals surface area contributed by atoms with E-state index in [4.69, 9.17) is 0 Å². The first kappa shape index (κ1) is 18.0. The molecule has 0 bridgehead atoms. The van der Waals surface area contributed by atoms with Gasteiger partial charge in [-0.05, 0) is 58.0 Å². The molecule has 4 rings (SSSR count). The number of H-pyrrole nitrogens is 1. The summed E-state index contributed by atoms with van der Waals surface area (Å²) in [5, 5.41) is 3.08. The van der Waals surface area contributed by atoms with E-state index >= 15 is 0 Å². The summed E-state index contributed by atoms with van der Waals surface area (Å²) in [4.78, 5) is 21.0. The summed E-state index contributed by atoms with van der Waals surface area (Å²) in [6.07, 6.45) is 0. The van der Waals surface area contributed by atoms with Crippen LogP contribution in [0.25, 0.3) is 22.4 Å². The summed E-state index contributed by atoms with van der Waals surface area (Å²) in [7, 11) is 0. The average Bonchev–Trinajstić information content (AvgIpc) is 3.22. The van der Waals surface area contributed by atoms with Crippen LogP contribution in [0.15, 0.2) is 54.6 Å². The molecule has 1 amide bonds. The van der Waals surface area contributed by atoms with Gasteiger partial charge in [0.15, 0.2) is 0 Å². The van der Waals surface area contributed by atoms with Gasteiger partial charge in [0.1, 0.15) is 5.82 Å². The third-order valence-electron chi connectivity index (χ3n) is 5.07. The van der Waals surface area contributed by atoms with Gasteiger partial charge in [-0.1, -0.05) is 24.3 Å². The predicted molar refractivity (Wildman–Crippen MR) is 114 cm³/mol. The number of amides is 1. The topological polar surface area (TPSA) is 62.7 Å². The first-order chi connectivity index (χ1) is 13.5. The van der Waals surface area contributed by atoms with E-state index in [1.165, 1.54) is 0 Å². The van der Waals surface area contributed by atoms with Crippen molar-refractivity contribution >= 4 is 22.6 Å². The zero-order valence-corrected chi connectivity index (χ0v) is 16.6. The van der Waals surface area contributed by atoms with Gasteiger partial charge in [0.05, 0.1) is 22.3 Å². The first-order valence-corrected chi connectivity index (χ1v) is 9.49. The summed E-state index contributed by atoms with van der Waals surface area (Å²) in [5.41, 5.74) is 6.24. The van der Waals surface area contributed by atoms with Crippen LogP contribution in [-0.4, -0.2) is 20.4 Å². The molecule has 0 spiro atoms. The Bertz CT molecular complexity index is 1130. The Labute approximate surface area is 164 Å². The molecule has 2 aromatic heterocycles. The van der Waals surface area contributed by atoms with Gasteiger partial charge in [0.2, 0.25) is 0 Å². The van der Waals surface area contributed by atoms with Crippen molar-refractivity contribution in [3.05, 3.63) is 71.5 Å². The molecule has 0 radical (unpaired) electrons. The molecule has 28 heavy (non-hydrogen) atoms. The monoisotopic (exact) mass is 372 g/mol. The summed E-state index contributed by atoms with van der Waals surface area (Å²) < 4.78 is 2.18. The fourth-order valence-corrected chi connectivity index (χ4v) is 3.87. The molecule has 2 aromatic carbocycles. The molecule has 0 saturated carbocycles. The molecule has 2 N–H and O–H groups in total. The van der Waals surface area contributed by atoms with Gasteiger partial charge in [-0.15, -0.1) is 0 Å². The maximum Gasteiger partial charge on any atom is 0.257 e. The van der Waals surface area contributed by atoms with Gasteiger partial charge in [-0.2, -0.15) is 0 Å². The van der Waals surface area contributed by atoms with Crippen LogP contribution in [0.1, 0.15) is 41.6 Å². The Hall–Kier alpha value is -3.34. The van der Waals surface area contributed by atoms with E-state index in [0.29, 0.717) is 11.6 Å². The van der Waals surface area contributed by atoms with E-state index in [2.05, 4.69) is 33.7 Å². The smallest absolute Gasteiger partial charge is 0.257 e. The highest BCUT2D eigenvalue weighted by molar-refractivity contribution is 6.07. The van der Waals surface area contributed by atoms with Crippen LogP contribution < -0.4 is 5.32 Å². The van der Waals surface area contributed by atoms with Crippen LogP contribution in [0.3, 0.4) is 0 Å². The number of carbonyl (C=O) groups excluding carboxylic acids is 1. The number of carbonyl (C=O) groups is 1. The fourth-order valence-electron chi connectivity index (χ4n) is 3.87. The molecule has 0 aliphatic carbocycles. The number of nitrogens with one attached hydrogen (secondary N) is 2. The summed E-state index contributed by atoms with van der Waals surface area (Å²) in [5.74, 6) is 0.633.